The molecule has 0 aromatic rings. The van der Waals surface area contributed by atoms with Crippen LogP contribution in [0.1, 0.15) is 19.3 Å². The van der Waals surface area contributed by atoms with Gasteiger partial charge in [0.05, 0.1) is 12.0 Å². The quantitative estimate of drug-likeness (QED) is 0.617. The normalized spacial score (nSPS) is 34.3. The van der Waals surface area contributed by atoms with Gasteiger partial charge >= 0.3 is 12.1 Å². The Morgan fingerprint density at radius 1 is 1.40 bits per heavy atom. The highest BCUT2D eigenvalue weighted by Crippen LogP contribution is 2.43. The summed E-state index contributed by atoms with van der Waals surface area (Å²) in [6.07, 6.45) is -3.32. The van der Waals surface area contributed by atoms with Crippen LogP contribution >= 0.6 is 0 Å². The van der Waals surface area contributed by atoms with E-state index in [1.807, 2.05) is 6.07 Å². The molecule has 2 aliphatic rings. The van der Waals surface area contributed by atoms with Gasteiger partial charge < -0.3 is 4.90 Å². The van der Waals surface area contributed by atoms with Crippen LogP contribution in [-0.2, 0) is 4.79 Å². The molecular formula is C9H9F3N2O. The fourth-order valence-electron chi connectivity index (χ4n) is 2.59. The summed E-state index contributed by atoms with van der Waals surface area (Å²) in [7, 11) is 0. The maximum Gasteiger partial charge on any atom is 0.471 e. The molecule has 0 aliphatic carbocycles. The molecule has 6 heteroatoms. The molecule has 0 unspecified atom stereocenters. The van der Waals surface area contributed by atoms with Crippen molar-refractivity contribution in [1.29, 1.82) is 5.26 Å². The molecule has 3 atom stereocenters. The fraction of sp³-hybridized carbons (Fsp3) is 0.778. The average molecular weight is 218 g/mol. The number of alkyl halides is 3. The van der Waals surface area contributed by atoms with Crippen LogP contribution in [0.3, 0.4) is 0 Å². The monoisotopic (exact) mass is 218 g/mol. The number of carbonyl (C=O) groups is 1. The van der Waals surface area contributed by atoms with E-state index in [-0.39, 0.29) is 6.04 Å². The van der Waals surface area contributed by atoms with E-state index in [0.717, 1.165) is 4.90 Å². The van der Waals surface area contributed by atoms with E-state index >= 15 is 0 Å². The first-order chi connectivity index (χ1) is 6.95. The van der Waals surface area contributed by atoms with Crippen LogP contribution in [0.5, 0.6) is 0 Å². The minimum atomic E-state index is -4.81. The van der Waals surface area contributed by atoms with E-state index in [1.165, 1.54) is 0 Å². The molecule has 82 valence electrons. The van der Waals surface area contributed by atoms with Crippen molar-refractivity contribution in [3.63, 3.8) is 0 Å². The standard InChI is InChI=1S/C9H9F3N2O/c10-9(11,12)8(15)14-6-1-2-7(14)5(3-6)4-13/h5-7H,1-3H2/t5-,6+,7-/m1/s1. The minimum Gasteiger partial charge on any atom is -0.328 e. The van der Waals surface area contributed by atoms with Crippen molar-refractivity contribution in [2.75, 3.05) is 0 Å². The van der Waals surface area contributed by atoms with Crippen molar-refractivity contribution < 1.29 is 18.0 Å². The first kappa shape index (κ1) is 10.3. The van der Waals surface area contributed by atoms with Crippen LogP contribution in [0.15, 0.2) is 0 Å². The largest absolute Gasteiger partial charge is 0.471 e. The molecular weight excluding hydrogens is 209 g/mol. The second-order valence-electron chi connectivity index (χ2n) is 3.98. The Morgan fingerprint density at radius 3 is 2.53 bits per heavy atom. The molecule has 1 amide bonds. The Labute approximate surface area is 84.5 Å². The van der Waals surface area contributed by atoms with E-state index in [0.29, 0.717) is 19.3 Å². The summed E-state index contributed by atoms with van der Waals surface area (Å²) in [6.45, 7) is 0. The number of hydrogen-bond acceptors (Lipinski definition) is 2. The van der Waals surface area contributed by atoms with Gasteiger partial charge in [0.25, 0.3) is 0 Å². The fourth-order valence-corrected chi connectivity index (χ4v) is 2.59. The number of hydrogen-bond donors (Lipinski definition) is 0. The van der Waals surface area contributed by atoms with Crippen molar-refractivity contribution in [2.45, 2.75) is 37.5 Å². The summed E-state index contributed by atoms with van der Waals surface area (Å²) in [5.41, 5.74) is 0. The lowest BCUT2D eigenvalue weighted by Crippen LogP contribution is -2.44. The number of carbonyl (C=O) groups excluding carboxylic acids is 1. The number of halogens is 3. The van der Waals surface area contributed by atoms with Crippen LogP contribution in [-0.4, -0.2) is 29.1 Å². The van der Waals surface area contributed by atoms with Crippen LogP contribution in [0.25, 0.3) is 0 Å². The number of fused-ring (bicyclic) bond motifs is 2. The summed E-state index contributed by atoms with van der Waals surface area (Å²) in [6, 6.07) is 1.07. The first-order valence-corrected chi connectivity index (χ1v) is 4.74. The highest BCUT2D eigenvalue weighted by molar-refractivity contribution is 5.83. The highest BCUT2D eigenvalue weighted by atomic mass is 19.4. The Kier molecular flexibility index (Phi) is 2.14. The molecule has 2 rings (SSSR count). The predicted molar refractivity (Wildman–Crippen MR) is 43.4 cm³/mol. The van der Waals surface area contributed by atoms with Gasteiger partial charge in [-0.2, -0.15) is 18.4 Å². The van der Waals surface area contributed by atoms with Gasteiger partial charge in [0.2, 0.25) is 0 Å². The van der Waals surface area contributed by atoms with Crippen molar-refractivity contribution >= 4 is 5.91 Å². The van der Waals surface area contributed by atoms with E-state index in [4.69, 9.17) is 5.26 Å². The molecule has 2 bridgehead atoms. The van der Waals surface area contributed by atoms with E-state index in [1.54, 1.807) is 0 Å². The van der Waals surface area contributed by atoms with Gasteiger partial charge in [0, 0.05) is 12.1 Å². The van der Waals surface area contributed by atoms with Gasteiger partial charge in [-0.3, -0.25) is 4.79 Å². The van der Waals surface area contributed by atoms with Gasteiger partial charge in [0.15, 0.2) is 0 Å². The summed E-state index contributed by atoms with van der Waals surface area (Å²) >= 11 is 0. The van der Waals surface area contributed by atoms with Crippen molar-refractivity contribution in [3.8, 4) is 6.07 Å². The van der Waals surface area contributed by atoms with Gasteiger partial charge in [-0.15, -0.1) is 0 Å². The second-order valence-corrected chi connectivity index (χ2v) is 3.98. The third-order valence-corrected chi connectivity index (χ3v) is 3.18. The molecule has 3 nitrogen and oxygen atoms in total. The van der Waals surface area contributed by atoms with Crippen molar-refractivity contribution in [2.24, 2.45) is 5.92 Å². The smallest absolute Gasteiger partial charge is 0.328 e. The van der Waals surface area contributed by atoms with E-state index < -0.39 is 24.0 Å². The van der Waals surface area contributed by atoms with Crippen molar-refractivity contribution in [3.05, 3.63) is 0 Å². The maximum atomic E-state index is 12.2. The lowest BCUT2D eigenvalue weighted by atomic mass is 9.90. The molecule has 0 radical (unpaired) electrons. The van der Waals surface area contributed by atoms with Gasteiger partial charge in [-0.05, 0) is 19.3 Å². The third-order valence-electron chi connectivity index (χ3n) is 3.18. The second kappa shape index (κ2) is 3.12. The lowest BCUT2D eigenvalue weighted by Gasteiger charge is -2.23. The van der Waals surface area contributed by atoms with Crippen molar-refractivity contribution in [1.82, 2.24) is 4.90 Å². The van der Waals surface area contributed by atoms with Gasteiger partial charge in [0.1, 0.15) is 0 Å². The summed E-state index contributed by atoms with van der Waals surface area (Å²) in [5.74, 6) is -2.21. The predicted octanol–water partition coefficient (Wildman–Crippen LogP) is 1.45. The Balaban J connectivity index is 2.20. The van der Waals surface area contributed by atoms with Crippen LogP contribution < -0.4 is 0 Å². The molecule has 0 saturated carbocycles. The zero-order valence-electron chi connectivity index (χ0n) is 7.79. The molecule has 0 N–H and O–H groups in total. The molecule has 0 spiro atoms. The lowest BCUT2D eigenvalue weighted by molar-refractivity contribution is -0.186. The number of rotatable bonds is 0. The number of nitriles is 1. The third kappa shape index (κ3) is 1.46. The topological polar surface area (TPSA) is 44.1 Å². The Hall–Kier alpha value is -1.25. The Bertz CT molecular complexity index is 333. The summed E-state index contributed by atoms with van der Waals surface area (Å²) < 4.78 is 36.7. The summed E-state index contributed by atoms with van der Waals surface area (Å²) in [4.78, 5) is 11.9. The van der Waals surface area contributed by atoms with Crippen LogP contribution in [0, 0.1) is 17.2 Å². The molecule has 15 heavy (non-hydrogen) atoms. The van der Waals surface area contributed by atoms with Gasteiger partial charge in [-0.25, -0.2) is 0 Å². The SMILES string of the molecule is N#C[C@H]1C[C@@H]2CC[C@H]1N2C(=O)C(F)(F)F. The minimum absolute atomic E-state index is 0.381. The number of nitrogens with zero attached hydrogens (tertiary/aromatic N) is 2. The van der Waals surface area contributed by atoms with E-state index in [2.05, 4.69) is 0 Å². The average Bonchev–Trinajstić information content (AvgIpc) is 2.71. The Morgan fingerprint density at radius 2 is 2.07 bits per heavy atom. The molecule has 2 heterocycles. The molecule has 2 aliphatic heterocycles. The summed E-state index contributed by atoms with van der Waals surface area (Å²) in [5, 5.41) is 8.72. The number of amides is 1. The molecule has 2 fully saturated rings. The maximum absolute atomic E-state index is 12.2. The van der Waals surface area contributed by atoms with Gasteiger partial charge in [-0.1, -0.05) is 0 Å². The zero-order chi connectivity index (χ0) is 11.2. The van der Waals surface area contributed by atoms with Crippen LogP contribution in [0.4, 0.5) is 13.2 Å². The van der Waals surface area contributed by atoms with E-state index in [9.17, 15) is 18.0 Å². The zero-order valence-corrected chi connectivity index (χ0v) is 7.79. The first-order valence-electron chi connectivity index (χ1n) is 4.74. The molecule has 0 aromatic carbocycles. The molecule has 0 aromatic heterocycles. The molecule has 2 saturated heterocycles. The highest BCUT2D eigenvalue weighted by Gasteiger charge is 2.55. The van der Waals surface area contributed by atoms with Crippen LogP contribution in [0.2, 0.25) is 0 Å².